The van der Waals surface area contributed by atoms with Gasteiger partial charge in [0.1, 0.15) is 5.82 Å². The van der Waals surface area contributed by atoms with Crippen LogP contribution in [-0.2, 0) is 0 Å². The van der Waals surface area contributed by atoms with Crippen molar-refractivity contribution in [2.45, 2.75) is 18.8 Å². The third-order valence-electron chi connectivity index (χ3n) is 4.87. The van der Waals surface area contributed by atoms with Crippen molar-refractivity contribution in [1.82, 2.24) is 20.1 Å². The number of pyridine rings is 1. The lowest BCUT2D eigenvalue weighted by Crippen LogP contribution is -2.39. The number of likely N-dealkylation sites (tertiary alicyclic amines) is 1. The number of halogens is 1. The summed E-state index contributed by atoms with van der Waals surface area (Å²) in [5.41, 5.74) is 3.55. The van der Waals surface area contributed by atoms with E-state index in [9.17, 15) is 9.18 Å². The second-order valence-electron chi connectivity index (χ2n) is 6.53. The van der Waals surface area contributed by atoms with Crippen LogP contribution < -0.4 is 0 Å². The fourth-order valence-electron chi connectivity index (χ4n) is 3.54. The molecule has 3 heterocycles. The summed E-state index contributed by atoms with van der Waals surface area (Å²) in [7, 11) is 0. The first-order valence-corrected chi connectivity index (χ1v) is 8.71. The quantitative estimate of drug-likeness (QED) is 0.785. The predicted molar refractivity (Wildman–Crippen MR) is 96.1 cm³/mol. The second-order valence-corrected chi connectivity index (χ2v) is 6.53. The number of amides is 1. The lowest BCUT2D eigenvalue weighted by molar-refractivity contribution is 0.0706. The largest absolute Gasteiger partial charge is 0.338 e. The molecule has 1 aliphatic rings. The Labute approximate surface area is 150 Å². The summed E-state index contributed by atoms with van der Waals surface area (Å²) < 4.78 is 13.2. The molecule has 26 heavy (non-hydrogen) atoms. The van der Waals surface area contributed by atoms with Crippen LogP contribution in [0.2, 0.25) is 0 Å². The molecule has 1 N–H and O–H groups in total. The van der Waals surface area contributed by atoms with Crippen LogP contribution in [0.5, 0.6) is 0 Å². The van der Waals surface area contributed by atoms with Gasteiger partial charge in [-0.1, -0.05) is 12.1 Å². The number of carbonyl (C=O) groups excluding carboxylic acids is 1. The first kappa shape index (κ1) is 16.4. The molecule has 0 radical (unpaired) electrons. The third kappa shape index (κ3) is 3.22. The van der Waals surface area contributed by atoms with E-state index in [0.717, 1.165) is 36.2 Å². The SMILES string of the molecule is O=C(c1ccncc1)N1CCC[C@H](c2[nH]ncc2-c2ccc(F)cc2)C1. The Hall–Kier alpha value is -3.02. The highest BCUT2D eigenvalue weighted by molar-refractivity contribution is 5.94. The summed E-state index contributed by atoms with van der Waals surface area (Å²) in [6, 6.07) is 9.90. The van der Waals surface area contributed by atoms with Gasteiger partial charge < -0.3 is 4.90 Å². The van der Waals surface area contributed by atoms with Crippen LogP contribution in [0.15, 0.2) is 55.0 Å². The monoisotopic (exact) mass is 350 g/mol. The van der Waals surface area contributed by atoms with Crippen LogP contribution in [-0.4, -0.2) is 39.1 Å². The highest BCUT2D eigenvalue weighted by Crippen LogP contribution is 2.33. The first-order valence-electron chi connectivity index (χ1n) is 8.71. The molecule has 0 unspecified atom stereocenters. The van der Waals surface area contributed by atoms with Gasteiger partial charge in [-0.05, 0) is 42.7 Å². The molecule has 1 atom stereocenters. The summed E-state index contributed by atoms with van der Waals surface area (Å²) in [5.74, 6) is -0.0531. The third-order valence-corrected chi connectivity index (χ3v) is 4.87. The van der Waals surface area contributed by atoms with Crippen LogP contribution in [0.4, 0.5) is 4.39 Å². The number of hydrogen-bond donors (Lipinski definition) is 1. The van der Waals surface area contributed by atoms with Crippen molar-refractivity contribution in [3.63, 3.8) is 0 Å². The number of piperidine rings is 1. The molecule has 1 aliphatic heterocycles. The average Bonchev–Trinajstić information content (AvgIpc) is 3.19. The molecule has 1 saturated heterocycles. The number of H-pyrrole nitrogens is 1. The van der Waals surface area contributed by atoms with E-state index < -0.39 is 0 Å². The van der Waals surface area contributed by atoms with Crippen LogP contribution in [0, 0.1) is 5.82 Å². The number of rotatable bonds is 3. The molecule has 3 aromatic rings. The number of aromatic amines is 1. The minimum atomic E-state index is -0.259. The van der Waals surface area contributed by atoms with Gasteiger partial charge in [0.15, 0.2) is 0 Å². The van der Waals surface area contributed by atoms with E-state index in [1.165, 1.54) is 12.1 Å². The first-order chi connectivity index (χ1) is 12.7. The van der Waals surface area contributed by atoms with E-state index in [1.807, 2.05) is 4.90 Å². The maximum atomic E-state index is 13.2. The van der Waals surface area contributed by atoms with Crippen molar-refractivity contribution in [3.05, 3.63) is 72.1 Å². The number of carbonyl (C=O) groups is 1. The van der Waals surface area contributed by atoms with Crippen molar-refractivity contribution in [2.75, 3.05) is 13.1 Å². The number of hydrogen-bond acceptors (Lipinski definition) is 3. The minimum absolute atomic E-state index is 0.0277. The molecule has 0 spiro atoms. The van der Waals surface area contributed by atoms with Gasteiger partial charge in [0.2, 0.25) is 0 Å². The van der Waals surface area contributed by atoms with Gasteiger partial charge in [-0.3, -0.25) is 14.9 Å². The molecule has 1 aromatic carbocycles. The van der Waals surface area contributed by atoms with Crippen molar-refractivity contribution in [1.29, 1.82) is 0 Å². The summed E-state index contributed by atoms with van der Waals surface area (Å²) in [4.78, 5) is 18.6. The van der Waals surface area contributed by atoms with Crippen molar-refractivity contribution in [2.24, 2.45) is 0 Å². The van der Waals surface area contributed by atoms with Crippen LogP contribution in [0.25, 0.3) is 11.1 Å². The van der Waals surface area contributed by atoms with Gasteiger partial charge in [0.05, 0.1) is 6.20 Å². The number of aromatic nitrogens is 3. The number of benzene rings is 1. The van der Waals surface area contributed by atoms with Crippen LogP contribution >= 0.6 is 0 Å². The summed E-state index contributed by atoms with van der Waals surface area (Å²) in [6.45, 7) is 1.38. The van der Waals surface area contributed by atoms with Crippen molar-refractivity contribution < 1.29 is 9.18 Å². The molecule has 1 fully saturated rings. The standard InChI is InChI=1S/C20H19FN4O/c21-17-5-3-14(4-6-17)18-12-23-24-19(18)16-2-1-11-25(13-16)20(26)15-7-9-22-10-8-15/h3-10,12,16H,1-2,11,13H2,(H,23,24)/t16-/m0/s1. The number of nitrogens with one attached hydrogen (secondary N) is 1. The predicted octanol–water partition coefficient (Wildman–Crippen LogP) is 3.63. The van der Waals surface area contributed by atoms with Crippen molar-refractivity contribution >= 4 is 5.91 Å². The lowest BCUT2D eigenvalue weighted by atomic mass is 9.90. The molecule has 2 aromatic heterocycles. The maximum absolute atomic E-state index is 13.2. The van der Waals surface area contributed by atoms with Crippen LogP contribution in [0.3, 0.4) is 0 Å². The molecule has 0 aliphatic carbocycles. The van der Waals surface area contributed by atoms with Crippen LogP contribution in [0.1, 0.15) is 34.8 Å². The highest BCUT2D eigenvalue weighted by Gasteiger charge is 2.28. The van der Waals surface area contributed by atoms with Crippen molar-refractivity contribution in [3.8, 4) is 11.1 Å². The molecule has 0 bridgehead atoms. The van der Waals surface area contributed by atoms with Gasteiger partial charge in [0, 0.05) is 48.2 Å². The zero-order valence-corrected chi connectivity index (χ0v) is 14.2. The molecule has 1 amide bonds. The molecular weight excluding hydrogens is 331 g/mol. The van der Waals surface area contributed by atoms with E-state index in [2.05, 4.69) is 15.2 Å². The fraction of sp³-hybridized carbons (Fsp3) is 0.250. The Morgan fingerprint density at radius 1 is 1.15 bits per heavy atom. The molecule has 6 heteroatoms. The molecule has 5 nitrogen and oxygen atoms in total. The van der Waals surface area contributed by atoms with E-state index in [4.69, 9.17) is 0 Å². The molecule has 4 rings (SSSR count). The lowest BCUT2D eigenvalue weighted by Gasteiger charge is -2.32. The zero-order valence-electron chi connectivity index (χ0n) is 14.2. The molecule has 132 valence electrons. The highest BCUT2D eigenvalue weighted by atomic mass is 19.1. The molecule has 0 saturated carbocycles. The Morgan fingerprint density at radius 2 is 1.92 bits per heavy atom. The molecular formula is C20H19FN4O. The second kappa shape index (κ2) is 7.07. The summed E-state index contributed by atoms with van der Waals surface area (Å²) in [6.07, 6.45) is 6.96. The average molecular weight is 350 g/mol. The zero-order chi connectivity index (χ0) is 17.9. The van der Waals surface area contributed by atoms with Gasteiger partial charge in [-0.25, -0.2) is 4.39 Å². The van der Waals surface area contributed by atoms with E-state index >= 15 is 0 Å². The van der Waals surface area contributed by atoms with Gasteiger partial charge in [-0.15, -0.1) is 0 Å². The minimum Gasteiger partial charge on any atom is -0.338 e. The Morgan fingerprint density at radius 3 is 2.69 bits per heavy atom. The smallest absolute Gasteiger partial charge is 0.253 e. The number of nitrogens with zero attached hydrogens (tertiary/aromatic N) is 3. The fourth-order valence-corrected chi connectivity index (χ4v) is 3.54. The van der Waals surface area contributed by atoms with Gasteiger partial charge in [-0.2, -0.15) is 5.10 Å². The maximum Gasteiger partial charge on any atom is 0.253 e. The summed E-state index contributed by atoms with van der Waals surface area (Å²) >= 11 is 0. The normalized spacial score (nSPS) is 17.3. The Balaban J connectivity index is 1.57. The topological polar surface area (TPSA) is 61.9 Å². The summed E-state index contributed by atoms with van der Waals surface area (Å²) in [5, 5.41) is 7.29. The van der Waals surface area contributed by atoms with Gasteiger partial charge in [0.25, 0.3) is 5.91 Å². The van der Waals surface area contributed by atoms with E-state index in [-0.39, 0.29) is 17.6 Å². The van der Waals surface area contributed by atoms with Gasteiger partial charge >= 0.3 is 0 Å². The van der Waals surface area contributed by atoms with E-state index in [0.29, 0.717) is 12.1 Å². The Kier molecular flexibility index (Phi) is 4.48. The Bertz CT molecular complexity index is 892. The van der Waals surface area contributed by atoms with E-state index in [1.54, 1.807) is 42.9 Å².